The Morgan fingerprint density at radius 3 is 2.64 bits per heavy atom. The highest BCUT2D eigenvalue weighted by atomic mass is 32.2. The van der Waals surface area contributed by atoms with Crippen molar-refractivity contribution in [3.05, 3.63) is 18.1 Å². The van der Waals surface area contributed by atoms with E-state index in [-0.39, 0.29) is 0 Å². The lowest BCUT2D eigenvalue weighted by Gasteiger charge is -2.06. The summed E-state index contributed by atoms with van der Waals surface area (Å²) in [5.41, 5.74) is 6.32. The highest BCUT2D eigenvalue weighted by Crippen LogP contribution is 2.33. The molecule has 0 spiro atoms. The number of hydrogen-bond acceptors (Lipinski definition) is 4. The van der Waals surface area contributed by atoms with Crippen LogP contribution in [0.4, 0.5) is 0 Å². The van der Waals surface area contributed by atoms with E-state index in [1.807, 2.05) is 18.0 Å². The van der Waals surface area contributed by atoms with E-state index in [4.69, 9.17) is 5.73 Å². The van der Waals surface area contributed by atoms with Crippen molar-refractivity contribution in [2.24, 2.45) is 5.73 Å². The van der Waals surface area contributed by atoms with Crippen molar-refractivity contribution in [3.63, 3.8) is 0 Å². The first-order chi connectivity index (χ1) is 6.88. The minimum Gasteiger partial charge on any atom is -0.325 e. The van der Waals surface area contributed by atoms with Gasteiger partial charge in [0.25, 0.3) is 0 Å². The Labute approximate surface area is 88.5 Å². The fourth-order valence-corrected chi connectivity index (χ4v) is 2.82. The van der Waals surface area contributed by atoms with Gasteiger partial charge in [0, 0.05) is 11.8 Å². The molecular formula is C10H15N3S. The van der Waals surface area contributed by atoms with Gasteiger partial charge in [-0.2, -0.15) is 0 Å². The summed E-state index contributed by atoms with van der Waals surface area (Å²) in [5, 5.41) is 1.79. The standard InChI is InChI=1S/C10H15N3S/c11-5-8-6-13-10(7-12-8)14-9-3-1-2-4-9/h6-7,9H,1-5,11H2. The normalized spacial score (nSPS) is 17.5. The molecular weight excluding hydrogens is 194 g/mol. The average molecular weight is 209 g/mol. The van der Waals surface area contributed by atoms with E-state index >= 15 is 0 Å². The first-order valence-corrected chi connectivity index (χ1v) is 5.94. The molecule has 1 fully saturated rings. The average Bonchev–Trinajstić information content (AvgIpc) is 2.72. The topological polar surface area (TPSA) is 51.8 Å². The summed E-state index contributed by atoms with van der Waals surface area (Å²) in [4.78, 5) is 8.56. The molecule has 1 aliphatic rings. The summed E-state index contributed by atoms with van der Waals surface area (Å²) >= 11 is 1.86. The zero-order valence-corrected chi connectivity index (χ0v) is 8.96. The van der Waals surface area contributed by atoms with Crippen LogP contribution < -0.4 is 5.73 Å². The highest BCUT2D eigenvalue weighted by Gasteiger charge is 2.16. The summed E-state index contributed by atoms with van der Waals surface area (Å²) in [6.07, 6.45) is 9.00. The SMILES string of the molecule is NCc1cnc(SC2CCCC2)cn1. The second kappa shape index (κ2) is 4.75. The van der Waals surface area contributed by atoms with E-state index in [0.717, 1.165) is 16.0 Å². The molecule has 1 saturated carbocycles. The Hall–Kier alpha value is -0.610. The zero-order valence-electron chi connectivity index (χ0n) is 8.15. The van der Waals surface area contributed by atoms with Crippen molar-refractivity contribution in [3.8, 4) is 0 Å². The molecule has 3 nitrogen and oxygen atoms in total. The first-order valence-electron chi connectivity index (χ1n) is 5.06. The fourth-order valence-electron chi connectivity index (χ4n) is 1.69. The van der Waals surface area contributed by atoms with Crippen molar-refractivity contribution in [2.75, 3.05) is 0 Å². The molecule has 0 radical (unpaired) electrons. The quantitative estimate of drug-likeness (QED) is 0.827. The lowest BCUT2D eigenvalue weighted by Crippen LogP contribution is -2.01. The maximum Gasteiger partial charge on any atom is 0.115 e. The maximum absolute atomic E-state index is 5.45. The maximum atomic E-state index is 5.45. The number of rotatable bonds is 3. The molecule has 1 heterocycles. The van der Waals surface area contributed by atoms with Gasteiger partial charge in [0.1, 0.15) is 5.03 Å². The lowest BCUT2D eigenvalue weighted by atomic mass is 10.4. The molecule has 2 N–H and O–H groups in total. The Kier molecular flexibility index (Phi) is 3.37. The van der Waals surface area contributed by atoms with E-state index in [1.54, 1.807) is 6.20 Å². The fraction of sp³-hybridized carbons (Fsp3) is 0.600. The van der Waals surface area contributed by atoms with E-state index in [2.05, 4.69) is 9.97 Å². The number of nitrogens with two attached hydrogens (primary N) is 1. The molecule has 0 amide bonds. The third-order valence-corrected chi connectivity index (χ3v) is 3.74. The Balaban J connectivity index is 1.95. The van der Waals surface area contributed by atoms with Gasteiger partial charge in [0.2, 0.25) is 0 Å². The van der Waals surface area contributed by atoms with Gasteiger partial charge in [-0.15, -0.1) is 11.8 Å². The van der Waals surface area contributed by atoms with Crippen LogP contribution in [-0.4, -0.2) is 15.2 Å². The van der Waals surface area contributed by atoms with Gasteiger partial charge in [-0.1, -0.05) is 12.8 Å². The molecule has 0 unspecified atom stereocenters. The molecule has 14 heavy (non-hydrogen) atoms. The number of aromatic nitrogens is 2. The molecule has 1 aromatic heterocycles. The molecule has 0 atom stereocenters. The lowest BCUT2D eigenvalue weighted by molar-refractivity contribution is 0.886. The van der Waals surface area contributed by atoms with Gasteiger partial charge < -0.3 is 5.73 Å². The number of thioether (sulfide) groups is 1. The van der Waals surface area contributed by atoms with Crippen molar-refractivity contribution in [1.82, 2.24) is 9.97 Å². The largest absolute Gasteiger partial charge is 0.325 e. The number of hydrogen-bond donors (Lipinski definition) is 1. The Morgan fingerprint density at radius 2 is 2.07 bits per heavy atom. The molecule has 0 saturated heterocycles. The second-order valence-corrected chi connectivity index (χ2v) is 4.90. The summed E-state index contributed by atoms with van der Waals surface area (Å²) in [7, 11) is 0. The summed E-state index contributed by atoms with van der Waals surface area (Å²) < 4.78 is 0. The van der Waals surface area contributed by atoms with Crippen LogP contribution in [0.5, 0.6) is 0 Å². The molecule has 0 aromatic carbocycles. The molecule has 2 rings (SSSR count). The smallest absolute Gasteiger partial charge is 0.115 e. The van der Waals surface area contributed by atoms with Crippen LogP contribution in [0.25, 0.3) is 0 Å². The van der Waals surface area contributed by atoms with Crippen molar-refractivity contribution in [1.29, 1.82) is 0 Å². The summed E-state index contributed by atoms with van der Waals surface area (Å²) in [6.45, 7) is 0.474. The van der Waals surface area contributed by atoms with Crippen LogP contribution in [0.2, 0.25) is 0 Å². The van der Waals surface area contributed by atoms with Gasteiger partial charge in [0.05, 0.1) is 18.1 Å². The third-order valence-electron chi connectivity index (χ3n) is 2.48. The van der Waals surface area contributed by atoms with Crippen LogP contribution in [0.3, 0.4) is 0 Å². The molecule has 0 bridgehead atoms. The van der Waals surface area contributed by atoms with E-state index in [0.29, 0.717) is 6.54 Å². The van der Waals surface area contributed by atoms with Crippen LogP contribution in [0.1, 0.15) is 31.4 Å². The van der Waals surface area contributed by atoms with Crippen molar-refractivity contribution >= 4 is 11.8 Å². The number of nitrogens with zero attached hydrogens (tertiary/aromatic N) is 2. The van der Waals surface area contributed by atoms with Gasteiger partial charge in [-0.05, 0) is 12.8 Å². The minimum absolute atomic E-state index is 0.474. The third kappa shape index (κ3) is 2.45. The van der Waals surface area contributed by atoms with Gasteiger partial charge in [-0.3, -0.25) is 4.98 Å². The van der Waals surface area contributed by atoms with Gasteiger partial charge >= 0.3 is 0 Å². The Morgan fingerprint density at radius 1 is 1.29 bits per heavy atom. The van der Waals surface area contributed by atoms with Crippen LogP contribution in [-0.2, 0) is 6.54 Å². The second-order valence-electron chi connectivity index (χ2n) is 3.57. The van der Waals surface area contributed by atoms with Gasteiger partial charge in [-0.25, -0.2) is 4.98 Å². The molecule has 1 aromatic rings. The van der Waals surface area contributed by atoms with E-state index < -0.39 is 0 Å². The van der Waals surface area contributed by atoms with E-state index in [1.165, 1.54) is 25.7 Å². The zero-order chi connectivity index (χ0) is 9.80. The highest BCUT2D eigenvalue weighted by molar-refractivity contribution is 7.99. The molecule has 4 heteroatoms. The van der Waals surface area contributed by atoms with Crippen molar-refractivity contribution < 1.29 is 0 Å². The van der Waals surface area contributed by atoms with Crippen LogP contribution >= 0.6 is 11.8 Å². The predicted molar refractivity (Wildman–Crippen MR) is 58.0 cm³/mol. The minimum atomic E-state index is 0.474. The summed E-state index contributed by atoms with van der Waals surface area (Å²) in [5.74, 6) is 0. The van der Waals surface area contributed by atoms with Gasteiger partial charge in [0.15, 0.2) is 0 Å². The van der Waals surface area contributed by atoms with E-state index in [9.17, 15) is 0 Å². The molecule has 0 aliphatic heterocycles. The predicted octanol–water partition coefficient (Wildman–Crippen LogP) is 1.97. The first kappa shape index (κ1) is 9.93. The van der Waals surface area contributed by atoms with Crippen LogP contribution in [0.15, 0.2) is 17.4 Å². The monoisotopic (exact) mass is 209 g/mol. The van der Waals surface area contributed by atoms with Crippen LogP contribution in [0, 0.1) is 0 Å². The molecule has 76 valence electrons. The van der Waals surface area contributed by atoms with Crippen molar-refractivity contribution in [2.45, 2.75) is 42.5 Å². The Bertz CT molecular complexity index is 280. The molecule has 1 aliphatic carbocycles. The summed E-state index contributed by atoms with van der Waals surface area (Å²) in [6, 6.07) is 0.